The molecule has 0 atom stereocenters. The van der Waals surface area contributed by atoms with Gasteiger partial charge in [0.2, 0.25) is 0 Å². The Morgan fingerprint density at radius 1 is 1.48 bits per heavy atom. The second kappa shape index (κ2) is 6.21. The van der Waals surface area contributed by atoms with E-state index in [-0.39, 0.29) is 5.97 Å². The number of hydrogen-bond donors (Lipinski definition) is 0. The van der Waals surface area contributed by atoms with Gasteiger partial charge in [-0.05, 0) is 6.92 Å². The minimum atomic E-state index is -0.168. The molecular weight excluding hydrogens is 290 g/mol. The third kappa shape index (κ3) is 3.21. The highest BCUT2D eigenvalue weighted by atomic mass is 32.1. The van der Waals surface area contributed by atoms with E-state index in [1.54, 1.807) is 17.7 Å². The summed E-state index contributed by atoms with van der Waals surface area (Å²) < 4.78 is 6.99. The zero-order valence-corrected chi connectivity index (χ0v) is 12.7. The summed E-state index contributed by atoms with van der Waals surface area (Å²) in [6.07, 6.45) is 2.77. The van der Waals surface area contributed by atoms with Crippen molar-refractivity contribution in [2.24, 2.45) is 0 Å². The number of anilines is 1. The fourth-order valence-electron chi connectivity index (χ4n) is 2.25. The van der Waals surface area contributed by atoms with Crippen LogP contribution in [0.4, 0.5) is 5.13 Å². The maximum atomic E-state index is 11.4. The van der Waals surface area contributed by atoms with Gasteiger partial charge in [-0.2, -0.15) is 0 Å². The van der Waals surface area contributed by atoms with Gasteiger partial charge in [-0.15, -0.1) is 21.5 Å². The zero-order valence-electron chi connectivity index (χ0n) is 11.9. The number of hydrogen-bond acceptors (Lipinski definition) is 7. The average molecular weight is 307 g/mol. The Morgan fingerprint density at radius 3 is 3.24 bits per heavy atom. The zero-order chi connectivity index (χ0) is 14.7. The van der Waals surface area contributed by atoms with Crippen LogP contribution in [0.15, 0.2) is 11.7 Å². The summed E-state index contributed by atoms with van der Waals surface area (Å²) in [6.45, 7) is 4.74. The van der Waals surface area contributed by atoms with Gasteiger partial charge in [-0.25, -0.2) is 4.98 Å². The van der Waals surface area contributed by atoms with Gasteiger partial charge >= 0.3 is 5.97 Å². The summed E-state index contributed by atoms with van der Waals surface area (Å²) in [5.41, 5.74) is 0.940. The van der Waals surface area contributed by atoms with E-state index in [1.807, 2.05) is 12.3 Å². The van der Waals surface area contributed by atoms with Crippen LogP contribution < -0.4 is 4.90 Å². The van der Waals surface area contributed by atoms with Crippen molar-refractivity contribution in [1.29, 1.82) is 0 Å². The Labute approximate surface area is 126 Å². The van der Waals surface area contributed by atoms with E-state index in [4.69, 9.17) is 4.74 Å². The van der Waals surface area contributed by atoms with Crippen molar-refractivity contribution in [1.82, 2.24) is 19.7 Å². The number of rotatable bonds is 5. The van der Waals surface area contributed by atoms with Crippen LogP contribution in [0.25, 0.3) is 0 Å². The number of nitrogens with zero attached hydrogens (tertiary/aromatic N) is 5. The molecule has 112 valence electrons. The molecule has 21 heavy (non-hydrogen) atoms. The normalized spacial score (nSPS) is 14.0. The topological polar surface area (TPSA) is 73.1 Å². The van der Waals surface area contributed by atoms with Crippen molar-refractivity contribution in [2.45, 2.75) is 32.9 Å². The molecule has 0 fully saturated rings. The van der Waals surface area contributed by atoms with Crippen LogP contribution in [0.3, 0.4) is 0 Å². The molecule has 0 saturated heterocycles. The molecule has 0 amide bonds. The number of carbonyl (C=O) groups excluding carboxylic acids is 1. The molecule has 1 aliphatic heterocycles. The van der Waals surface area contributed by atoms with Crippen LogP contribution in [0.2, 0.25) is 0 Å². The lowest BCUT2D eigenvalue weighted by atomic mass is 10.2. The van der Waals surface area contributed by atoms with Crippen LogP contribution in [0.5, 0.6) is 0 Å². The SMILES string of the molecule is CCOC(=O)CCc1csc(N2CCn3cnnc3C2)n1. The fourth-order valence-corrected chi connectivity index (χ4v) is 3.14. The van der Waals surface area contributed by atoms with E-state index >= 15 is 0 Å². The first-order valence-corrected chi connectivity index (χ1v) is 7.86. The Bertz CT molecular complexity index is 624. The smallest absolute Gasteiger partial charge is 0.306 e. The number of aryl methyl sites for hydroxylation is 1. The van der Waals surface area contributed by atoms with E-state index in [1.165, 1.54) is 0 Å². The van der Waals surface area contributed by atoms with Gasteiger partial charge in [-0.3, -0.25) is 4.79 Å². The van der Waals surface area contributed by atoms with Gasteiger partial charge in [0.15, 0.2) is 11.0 Å². The van der Waals surface area contributed by atoms with E-state index in [2.05, 4.69) is 24.6 Å². The number of fused-ring (bicyclic) bond motifs is 1. The van der Waals surface area contributed by atoms with Gasteiger partial charge in [0.05, 0.1) is 25.3 Å². The van der Waals surface area contributed by atoms with Gasteiger partial charge < -0.3 is 14.2 Å². The molecule has 0 bridgehead atoms. The number of carbonyl (C=O) groups is 1. The van der Waals surface area contributed by atoms with Crippen molar-refractivity contribution in [3.8, 4) is 0 Å². The number of esters is 1. The molecule has 0 unspecified atom stereocenters. The van der Waals surface area contributed by atoms with Crippen LogP contribution >= 0.6 is 11.3 Å². The van der Waals surface area contributed by atoms with E-state index < -0.39 is 0 Å². The second-order valence-corrected chi connectivity index (χ2v) is 5.63. The highest BCUT2D eigenvalue weighted by molar-refractivity contribution is 7.13. The van der Waals surface area contributed by atoms with Crippen LogP contribution in [0.1, 0.15) is 24.9 Å². The monoisotopic (exact) mass is 307 g/mol. The highest BCUT2D eigenvalue weighted by Gasteiger charge is 2.20. The maximum absolute atomic E-state index is 11.4. The summed E-state index contributed by atoms with van der Waals surface area (Å²) in [4.78, 5) is 18.2. The van der Waals surface area contributed by atoms with Crippen LogP contribution in [-0.2, 0) is 29.0 Å². The lowest BCUT2D eigenvalue weighted by molar-refractivity contribution is -0.143. The Morgan fingerprint density at radius 2 is 2.38 bits per heavy atom. The maximum Gasteiger partial charge on any atom is 0.306 e. The van der Waals surface area contributed by atoms with Gasteiger partial charge in [-0.1, -0.05) is 0 Å². The van der Waals surface area contributed by atoms with Gasteiger partial charge in [0.25, 0.3) is 0 Å². The average Bonchev–Trinajstić information content (AvgIpc) is 3.13. The van der Waals surface area contributed by atoms with Crippen molar-refractivity contribution in [3.63, 3.8) is 0 Å². The Kier molecular flexibility index (Phi) is 4.14. The molecule has 0 N–H and O–H groups in total. The quantitative estimate of drug-likeness (QED) is 0.774. The van der Waals surface area contributed by atoms with Crippen LogP contribution in [0, 0.1) is 0 Å². The predicted molar refractivity (Wildman–Crippen MR) is 78.1 cm³/mol. The number of aromatic nitrogens is 4. The van der Waals surface area contributed by atoms with E-state index in [0.29, 0.717) is 19.4 Å². The summed E-state index contributed by atoms with van der Waals surface area (Å²) in [5, 5.41) is 11.0. The Balaban J connectivity index is 1.59. The summed E-state index contributed by atoms with van der Waals surface area (Å²) >= 11 is 1.60. The first-order valence-electron chi connectivity index (χ1n) is 6.98. The highest BCUT2D eigenvalue weighted by Crippen LogP contribution is 2.24. The molecule has 3 rings (SSSR count). The molecular formula is C13H17N5O2S. The lowest BCUT2D eigenvalue weighted by Gasteiger charge is -2.26. The molecule has 0 aliphatic carbocycles. The minimum Gasteiger partial charge on any atom is -0.466 e. The summed E-state index contributed by atoms with van der Waals surface area (Å²) in [7, 11) is 0. The molecule has 0 saturated carbocycles. The largest absolute Gasteiger partial charge is 0.466 e. The van der Waals surface area contributed by atoms with Crippen molar-refractivity contribution < 1.29 is 9.53 Å². The summed E-state index contributed by atoms with van der Waals surface area (Å²) in [5.74, 6) is 0.794. The van der Waals surface area contributed by atoms with Crippen molar-refractivity contribution >= 4 is 22.4 Å². The van der Waals surface area contributed by atoms with Crippen LogP contribution in [-0.4, -0.2) is 38.9 Å². The molecule has 2 aromatic rings. The fraction of sp³-hybridized carbons (Fsp3) is 0.538. The standard InChI is InChI=1S/C13H17N5O2S/c1-2-20-12(19)4-3-10-8-21-13(15-10)17-5-6-18-9-14-16-11(18)7-17/h8-9H,2-7H2,1H3. The molecule has 7 nitrogen and oxygen atoms in total. The second-order valence-electron chi connectivity index (χ2n) is 4.79. The first kappa shape index (κ1) is 14.0. The van der Waals surface area contributed by atoms with E-state index in [9.17, 15) is 4.79 Å². The lowest BCUT2D eigenvalue weighted by Crippen LogP contribution is -2.33. The molecule has 0 radical (unpaired) electrons. The predicted octanol–water partition coefficient (Wildman–Crippen LogP) is 1.25. The summed E-state index contributed by atoms with van der Waals surface area (Å²) in [6, 6.07) is 0. The molecule has 0 aromatic carbocycles. The molecule has 8 heteroatoms. The van der Waals surface area contributed by atoms with Crippen molar-refractivity contribution in [3.05, 3.63) is 23.2 Å². The van der Waals surface area contributed by atoms with Gasteiger partial charge in [0.1, 0.15) is 6.33 Å². The third-order valence-corrected chi connectivity index (χ3v) is 4.29. The minimum absolute atomic E-state index is 0.168. The molecule has 0 spiro atoms. The number of ether oxygens (including phenoxy) is 1. The third-order valence-electron chi connectivity index (χ3n) is 3.34. The van der Waals surface area contributed by atoms with E-state index in [0.717, 1.165) is 36.3 Å². The van der Waals surface area contributed by atoms with Crippen molar-refractivity contribution in [2.75, 3.05) is 18.1 Å². The number of thiazole rings is 1. The first-order chi connectivity index (χ1) is 10.3. The molecule has 1 aliphatic rings. The molecule has 3 heterocycles. The van der Waals surface area contributed by atoms with Gasteiger partial charge in [0, 0.05) is 24.9 Å². The molecule has 2 aromatic heterocycles. The Hall–Kier alpha value is -1.96.